The largest absolute Gasteiger partial charge is 0.428 e. The topological polar surface area (TPSA) is 29.5 Å². The molecule has 1 heterocycles. The van der Waals surface area contributed by atoms with Gasteiger partial charge in [0.2, 0.25) is 11.4 Å². The molecule has 24 heavy (non-hydrogen) atoms. The highest BCUT2D eigenvalue weighted by atomic mass is 35.5. The molecule has 0 aromatic heterocycles. The Morgan fingerprint density at radius 1 is 1.04 bits per heavy atom. The Balaban J connectivity index is 2.29. The van der Waals surface area contributed by atoms with E-state index < -0.39 is 46.7 Å². The minimum absolute atomic E-state index is 0.0205. The molecule has 0 spiro atoms. The van der Waals surface area contributed by atoms with Crippen molar-refractivity contribution in [3.05, 3.63) is 52.6 Å². The molecule has 1 fully saturated rings. The minimum Gasteiger partial charge on any atom is -0.428 e. The number of amides is 1. The van der Waals surface area contributed by atoms with Crippen LogP contribution in [0.3, 0.4) is 0 Å². The third-order valence-electron chi connectivity index (χ3n) is 3.78. The number of halogens is 7. The molecule has 1 saturated heterocycles. The number of ether oxygens (including phenoxy) is 1. The maximum atomic E-state index is 15.5. The number of rotatable bonds is 2. The highest BCUT2D eigenvalue weighted by molar-refractivity contribution is 6.30. The second-order valence-corrected chi connectivity index (χ2v) is 5.72. The molecule has 0 N–H and O–H groups in total. The summed E-state index contributed by atoms with van der Waals surface area (Å²) >= 11 is 11.1. The van der Waals surface area contributed by atoms with Crippen LogP contribution in [0.4, 0.5) is 32.4 Å². The zero-order valence-corrected chi connectivity index (χ0v) is 12.9. The molecule has 0 saturated carbocycles. The van der Waals surface area contributed by atoms with Crippen molar-refractivity contribution in [3.63, 3.8) is 0 Å². The van der Waals surface area contributed by atoms with Crippen LogP contribution in [0, 0.1) is 0 Å². The van der Waals surface area contributed by atoms with Gasteiger partial charge in [0.25, 0.3) is 5.79 Å². The Hall–Kier alpha value is -1.80. The monoisotopic (exact) mass is 385 g/mol. The average Bonchev–Trinajstić information content (AvgIpc) is 2.81. The third-order valence-corrected chi connectivity index (χ3v) is 4.41. The summed E-state index contributed by atoms with van der Waals surface area (Å²) in [7, 11) is 0. The molecule has 1 aromatic rings. The number of carbonyl (C=O) groups excluding carboxylic acids is 1. The smallest absolute Gasteiger partial charge is 0.418 e. The Morgan fingerprint density at radius 3 is 2.12 bits per heavy atom. The van der Waals surface area contributed by atoms with E-state index in [0.29, 0.717) is 0 Å². The SMILES string of the molecule is O=C1O[C@]2(CCl)C(F)=C(F)C(F)=C(F)[C@]2(F)N1c1ccc(Cl)cc1. The first-order chi connectivity index (χ1) is 11.2. The number of anilines is 1. The van der Waals surface area contributed by atoms with Gasteiger partial charge in [0, 0.05) is 5.02 Å². The summed E-state index contributed by atoms with van der Waals surface area (Å²) < 4.78 is 75.7. The zero-order valence-electron chi connectivity index (χ0n) is 11.4. The number of alkyl halides is 2. The Kier molecular flexibility index (Phi) is 3.80. The normalized spacial score (nSPS) is 30.0. The molecule has 2 atom stereocenters. The molecule has 1 amide bonds. The Labute approximate surface area is 141 Å². The summed E-state index contributed by atoms with van der Waals surface area (Å²) in [6, 6.07) is 4.63. The first-order valence-corrected chi connectivity index (χ1v) is 7.27. The molecule has 0 radical (unpaired) electrons. The summed E-state index contributed by atoms with van der Waals surface area (Å²) in [5.41, 5.74) is -3.52. The molecule has 128 valence electrons. The van der Waals surface area contributed by atoms with Gasteiger partial charge in [-0.05, 0) is 24.3 Å². The minimum atomic E-state index is -3.84. The molecule has 2 aliphatic rings. The maximum Gasteiger partial charge on any atom is 0.418 e. The van der Waals surface area contributed by atoms with Crippen molar-refractivity contribution < 1.29 is 31.5 Å². The summed E-state index contributed by atoms with van der Waals surface area (Å²) in [4.78, 5) is 12.1. The van der Waals surface area contributed by atoms with Gasteiger partial charge in [-0.25, -0.2) is 31.6 Å². The second kappa shape index (κ2) is 5.35. The molecule has 0 bridgehead atoms. The van der Waals surface area contributed by atoms with E-state index in [-0.39, 0.29) is 15.6 Å². The van der Waals surface area contributed by atoms with E-state index in [9.17, 15) is 22.4 Å². The molecule has 1 aliphatic carbocycles. The van der Waals surface area contributed by atoms with Crippen molar-refractivity contribution in [2.24, 2.45) is 0 Å². The van der Waals surface area contributed by atoms with Crippen LogP contribution in [0.15, 0.2) is 47.6 Å². The van der Waals surface area contributed by atoms with Gasteiger partial charge < -0.3 is 4.74 Å². The average molecular weight is 386 g/mol. The van der Waals surface area contributed by atoms with E-state index >= 15 is 4.39 Å². The number of carbonyl (C=O) groups is 1. The fraction of sp³-hybridized carbons (Fsp3) is 0.214. The number of hydrogen-bond acceptors (Lipinski definition) is 2. The van der Waals surface area contributed by atoms with Gasteiger partial charge in [-0.3, -0.25) is 0 Å². The summed E-state index contributed by atoms with van der Waals surface area (Å²) in [5, 5.41) is 0.200. The predicted octanol–water partition coefficient (Wildman–Crippen LogP) is 5.25. The predicted molar refractivity (Wildman–Crippen MR) is 76.2 cm³/mol. The summed E-state index contributed by atoms with van der Waals surface area (Å²) in [5.74, 6) is -14.3. The lowest BCUT2D eigenvalue weighted by Gasteiger charge is -2.38. The van der Waals surface area contributed by atoms with Crippen molar-refractivity contribution in [2.45, 2.75) is 11.4 Å². The molecule has 0 unspecified atom stereocenters. The summed E-state index contributed by atoms with van der Waals surface area (Å²) in [6.45, 7) is 0. The molecule has 1 aliphatic heterocycles. The van der Waals surface area contributed by atoms with Crippen molar-refractivity contribution >= 4 is 35.0 Å². The number of hydrogen-bond donors (Lipinski definition) is 0. The van der Waals surface area contributed by atoms with Crippen LogP contribution in [-0.4, -0.2) is 23.4 Å². The molecule has 1 aromatic carbocycles. The van der Waals surface area contributed by atoms with E-state index in [1.54, 1.807) is 0 Å². The van der Waals surface area contributed by atoms with E-state index in [1.165, 1.54) is 12.1 Å². The summed E-state index contributed by atoms with van der Waals surface area (Å²) in [6.07, 6.45) is -1.58. The fourth-order valence-corrected chi connectivity index (χ4v) is 3.07. The van der Waals surface area contributed by atoms with Crippen LogP contribution in [0.2, 0.25) is 5.02 Å². The first-order valence-electron chi connectivity index (χ1n) is 6.36. The highest BCUT2D eigenvalue weighted by Crippen LogP contribution is 2.57. The quantitative estimate of drug-likeness (QED) is 0.395. The van der Waals surface area contributed by atoms with Crippen molar-refractivity contribution in [3.8, 4) is 0 Å². The van der Waals surface area contributed by atoms with E-state index in [2.05, 4.69) is 4.74 Å². The fourth-order valence-electron chi connectivity index (χ4n) is 2.60. The lowest BCUT2D eigenvalue weighted by molar-refractivity contribution is -0.0274. The van der Waals surface area contributed by atoms with Crippen molar-refractivity contribution in [1.29, 1.82) is 0 Å². The molecule has 3 nitrogen and oxygen atoms in total. The number of allylic oxidation sites excluding steroid dienone is 2. The third kappa shape index (κ3) is 1.86. The zero-order chi connectivity index (χ0) is 17.9. The van der Waals surface area contributed by atoms with Gasteiger partial charge in [0.05, 0.1) is 11.6 Å². The van der Waals surface area contributed by atoms with Gasteiger partial charge in [0.15, 0.2) is 17.5 Å². The number of nitrogens with zero attached hydrogens (tertiary/aromatic N) is 1. The molecule has 10 heteroatoms. The molecular weight excluding hydrogens is 380 g/mol. The first kappa shape index (κ1) is 17.0. The van der Waals surface area contributed by atoms with Crippen LogP contribution >= 0.6 is 23.2 Å². The number of benzene rings is 1. The molecule has 3 rings (SSSR count). The Morgan fingerprint density at radius 2 is 1.58 bits per heavy atom. The number of fused-ring (bicyclic) bond motifs is 1. The van der Waals surface area contributed by atoms with E-state index in [1.807, 2.05) is 0 Å². The second-order valence-electron chi connectivity index (χ2n) is 5.02. The van der Waals surface area contributed by atoms with Crippen LogP contribution in [0.25, 0.3) is 0 Å². The standard InChI is InChI=1S/C14H6Cl2F5NO2/c15-5-13-10(19)8(17)9(18)11(20)14(13,21)22(12(23)24-13)7-3-1-6(16)2-4-7/h1-4H,5H2/t13-,14+/m1/s1. The van der Waals surface area contributed by atoms with Gasteiger partial charge in [-0.15, -0.1) is 11.6 Å². The van der Waals surface area contributed by atoms with Gasteiger partial charge in [-0.2, -0.15) is 0 Å². The van der Waals surface area contributed by atoms with Gasteiger partial charge in [-0.1, -0.05) is 11.6 Å². The van der Waals surface area contributed by atoms with Gasteiger partial charge >= 0.3 is 6.09 Å². The van der Waals surface area contributed by atoms with Crippen LogP contribution in [0.5, 0.6) is 0 Å². The van der Waals surface area contributed by atoms with Crippen LogP contribution in [0.1, 0.15) is 0 Å². The Bertz CT molecular complexity index is 797. The van der Waals surface area contributed by atoms with E-state index in [0.717, 1.165) is 12.1 Å². The van der Waals surface area contributed by atoms with E-state index in [4.69, 9.17) is 23.2 Å². The van der Waals surface area contributed by atoms with Crippen molar-refractivity contribution in [2.75, 3.05) is 10.8 Å². The lowest BCUT2D eigenvalue weighted by atomic mass is 9.85. The van der Waals surface area contributed by atoms with Crippen molar-refractivity contribution in [1.82, 2.24) is 0 Å². The van der Waals surface area contributed by atoms with Crippen LogP contribution < -0.4 is 4.90 Å². The van der Waals surface area contributed by atoms with Crippen LogP contribution in [-0.2, 0) is 4.74 Å². The molecular formula is C14H6Cl2F5NO2. The lowest BCUT2D eigenvalue weighted by Crippen LogP contribution is -2.59. The van der Waals surface area contributed by atoms with Gasteiger partial charge in [0.1, 0.15) is 0 Å². The highest BCUT2D eigenvalue weighted by Gasteiger charge is 2.75. The maximum absolute atomic E-state index is 15.5.